The van der Waals surface area contributed by atoms with Crippen molar-refractivity contribution in [3.8, 4) is 11.5 Å². The standard InChI is InChI=1S/C21H19F2NO4S/c1-3-27-17-10-15(8-9-16(17)28-20(22)23)11-18-19(25)24(21(26)29-18)12-14-6-4-13(2)5-7-14/h4-11,20H,3,12H2,1-2H3/b18-11-. The number of aryl methyl sites for hydroxylation is 1. The summed E-state index contributed by atoms with van der Waals surface area (Å²) in [6.07, 6.45) is 1.54. The van der Waals surface area contributed by atoms with Gasteiger partial charge in [-0.25, -0.2) is 0 Å². The van der Waals surface area contributed by atoms with E-state index in [1.807, 2.05) is 31.2 Å². The normalized spacial score (nSPS) is 15.5. The predicted octanol–water partition coefficient (Wildman–Crippen LogP) is 5.23. The van der Waals surface area contributed by atoms with Gasteiger partial charge in [0, 0.05) is 0 Å². The molecule has 0 spiro atoms. The molecule has 0 aliphatic carbocycles. The smallest absolute Gasteiger partial charge is 0.387 e. The molecule has 5 nitrogen and oxygen atoms in total. The molecule has 0 saturated carbocycles. The van der Waals surface area contributed by atoms with Gasteiger partial charge in [0.15, 0.2) is 11.5 Å². The molecule has 0 atom stereocenters. The first-order valence-corrected chi connectivity index (χ1v) is 9.71. The van der Waals surface area contributed by atoms with Crippen molar-refractivity contribution >= 4 is 29.0 Å². The summed E-state index contributed by atoms with van der Waals surface area (Å²) >= 11 is 0.840. The molecule has 0 N–H and O–H groups in total. The molecule has 1 aliphatic rings. The Balaban J connectivity index is 1.81. The maximum atomic E-state index is 12.7. The fraction of sp³-hybridized carbons (Fsp3) is 0.238. The Morgan fingerprint density at radius 3 is 2.48 bits per heavy atom. The number of hydrogen-bond donors (Lipinski definition) is 0. The van der Waals surface area contributed by atoms with Crippen LogP contribution in [0.3, 0.4) is 0 Å². The molecule has 1 heterocycles. The van der Waals surface area contributed by atoms with E-state index in [0.29, 0.717) is 5.56 Å². The molecule has 1 aliphatic heterocycles. The van der Waals surface area contributed by atoms with Gasteiger partial charge < -0.3 is 9.47 Å². The van der Waals surface area contributed by atoms with Crippen molar-refractivity contribution in [2.24, 2.45) is 0 Å². The molecule has 0 bridgehead atoms. The van der Waals surface area contributed by atoms with E-state index >= 15 is 0 Å². The van der Waals surface area contributed by atoms with Gasteiger partial charge >= 0.3 is 6.61 Å². The third kappa shape index (κ3) is 5.14. The van der Waals surface area contributed by atoms with Crippen LogP contribution < -0.4 is 9.47 Å². The molecule has 152 valence electrons. The largest absolute Gasteiger partial charge is 0.490 e. The molecular weight excluding hydrogens is 400 g/mol. The summed E-state index contributed by atoms with van der Waals surface area (Å²) in [5.41, 5.74) is 2.48. The quantitative estimate of drug-likeness (QED) is 0.575. The molecular formula is C21H19F2NO4S. The monoisotopic (exact) mass is 419 g/mol. The number of alkyl halides is 2. The number of thioether (sulfide) groups is 1. The summed E-state index contributed by atoms with van der Waals surface area (Å²) in [5, 5.41) is -0.357. The summed E-state index contributed by atoms with van der Waals surface area (Å²) in [7, 11) is 0. The van der Waals surface area contributed by atoms with Crippen molar-refractivity contribution in [2.45, 2.75) is 27.0 Å². The van der Waals surface area contributed by atoms with E-state index in [1.165, 1.54) is 29.2 Å². The van der Waals surface area contributed by atoms with Crippen LogP contribution in [0, 0.1) is 6.92 Å². The van der Waals surface area contributed by atoms with Gasteiger partial charge in [-0.2, -0.15) is 8.78 Å². The first-order chi connectivity index (χ1) is 13.9. The minimum atomic E-state index is -2.97. The van der Waals surface area contributed by atoms with Crippen LogP contribution in [0.25, 0.3) is 6.08 Å². The second kappa shape index (κ2) is 9.09. The maximum Gasteiger partial charge on any atom is 0.387 e. The molecule has 2 aromatic rings. The highest BCUT2D eigenvalue weighted by Crippen LogP contribution is 2.35. The van der Waals surface area contributed by atoms with Crippen LogP contribution in [0.1, 0.15) is 23.6 Å². The number of amides is 2. The molecule has 0 unspecified atom stereocenters. The van der Waals surface area contributed by atoms with Gasteiger partial charge in [-0.3, -0.25) is 14.5 Å². The van der Waals surface area contributed by atoms with Gasteiger partial charge in [-0.1, -0.05) is 35.9 Å². The molecule has 3 rings (SSSR count). The van der Waals surface area contributed by atoms with Crippen molar-refractivity contribution in [1.29, 1.82) is 0 Å². The number of nitrogens with zero attached hydrogens (tertiary/aromatic N) is 1. The van der Waals surface area contributed by atoms with Crippen LogP contribution in [0.2, 0.25) is 0 Å². The maximum absolute atomic E-state index is 12.7. The number of hydrogen-bond acceptors (Lipinski definition) is 5. The van der Waals surface area contributed by atoms with Gasteiger partial charge in [0.2, 0.25) is 0 Å². The fourth-order valence-corrected chi connectivity index (χ4v) is 3.58. The van der Waals surface area contributed by atoms with Crippen molar-refractivity contribution in [1.82, 2.24) is 4.90 Å². The van der Waals surface area contributed by atoms with E-state index in [1.54, 1.807) is 6.92 Å². The Hall–Kier alpha value is -2.87. The van der Waals surface area contributed by atoms with E-state index in [0.717, 1.165) is 22.9 Å². The van der Waals surface area contributed by atoms with Gasteiger partial charge in [0.1, 0.15) is 0 Å². The first-order valence-electron chi connectivity index (χ1n) is 8.90. The first kappa shape index (κ1) is 20.9. The van der Waals surface area contributed by atoms with E-state index in [9.17, 15) is 18.4 Å². The Kier molecular flexibility index (Phi) is 6.53. The Morgan fingerprint density at radius 2 is 1.83 bits per heavy atom. The van der Waals surface area contributed by atoms with Crippen LogP contribution in [0.5, 0.6) is 11.5 Å². The fourth-order valence-electron chi connectivity index (χ4n) is 2.74. The second-order valence-corrected chi connectivity index (χ2v) is 7.26. The van der Waals surface area contributed by atoms with Crippen molar-refractivity contribution in [3.63, 3.8) is 0 Å². The second-order valence-electron chi connectivity index (χ2n) is 6.27. The predicted molar refractivity (Wildman–Crippen MR) is 107 cm³/mol. The molecule has 1 fully saturated rings. The molecule has 0 radical (unpaired) electrons. The van der Waals surface area contributed by atoms with E-state index in [-0.39, 0.29) is 34.8 Å². The van der Waals surface area contributed by atoms with E-state index in [2.05, 4.69) is 4.74 Å². The molecule has 1 saturated heterocycles. The van der Waals surface area contributed by atoms with Gasteiger partial charge in [-0.15, -0.1) is 0 Å². The Labute approximate surface area is 171 Å². The summed E-state index contributed by atoms with van der Waals surface area (Å²) in [6, 6.07) is 11.9. The van der Waals surface area contributed by atoms with Gasteiger partial charge in [-0.05, 0) is 54.9 Å². The third-order valence-corrected chi connectivity index (χ3v) is 5.02. The van der Waals surface area contributed by atoms with Crippen LogP contribution in [-0.2, 0) is 11.3 Å². The number of ether oxygens (including phenoxy) is 2. The van der Waals surface area contributed by atoms with Crippen LogP contribution in [-0.4, -0.2) is 29.3 Å². The SMILES string of the molecule is CCOc1cc(/C=C2\SC(=O)N(Cc3ccc(C)cc3)C2=O)ccc1OC(F)F. The third-order valence-electron chi connectivity index (χ3n) is 4.12. The summed E-state index contributed by atoms with van der Waals surface area (Å²) in [6.45, 7) is 1.15. The highest BCUT2D eigenvalue weighted by Gasteiger charge is 2.35. The number of carbonyl (C=O) groups excluding carboxylic acids is 2. The summed E-state index contributed by atoms with van der Waals surface area (Å²) in [4.78, 5) is 26.4. The number of halogens is 2. The van der Waals surface area contributed by atoms with Crippen molar-refractivity contribution in [2.75, 3.05) is 6.61 Å². The minimum Gasteiger partial charge on any atom is -0.490 e. The number of imide groups is 1. The number of carbonyl (C=O) groups is 2. The van der Waals surface area contributed by atoms with E-state index in [4.69, 9.17) is 4.74 Å². The Bertz CT molecular complexity index is 944. The molecule has 29 heavy (non-hydrogen) atoms. The highest BCUT2D eigenvalue weighted by atomic mass is 32.2. The lowest BCUT2D eigenvalue weighted by atomic mass is 10.1. The molecule has 2 amide bonds. The highest BCUT2D eigenvalue weighted by molar-refractivity contribution is 8.18. The van der Waals surface area contributed by atoms with Gasteiger partial charge in [0.25, 0.3) is 11.1 Å². The summed E-state index contributed by atoms with van der Waals surface area (Å²) < 4.78 is 34.8. The Morgan fingerprint density at radius 1 is 1.10 bits per heavy atom. The zero-order valence-electron chi connectivity index (χ0n) is 15.9. The number of benzene rings is 2. The summed E-state index contributed by atoms with van der Waals surface area (Å²) in [5.74, 6) is -0.349. The minimum absolute atomic E-state index is 0.0912. The van der Waals surface area contributed by atoms with Gasteiger partial charge in [0.05, 0.1) is 18.1 Å². The van der Waals surface area contributed by atoms with Crippen LogP contribution in [0.4, 0.5) is 13.6 Å². The zero-order valence-corrected chi connectivity index (χ0v) is 16.7. The number of rotatable bonds is 7. The van der Waals surface area contributed by atoms with Crippen molar-refractivity contribution in [3.05, 3.63) is 64.1 Å². The molecule has 8 heteroatoms. The molecule has 0 aromatic heterocycles. The lowest BCUT2D eigenvalue weighted by molar-refractivity contribution is -0.123. The zero-order chi connectivity index (χ0) is 21.0. The molecule has 2 aromatic carbocycles. The lowest BCUT2D eigenvalue weighted by Crippen LogP contribution is -2.27. The topological polar surface area (TPSA) is 55.8 Å². The lowest BCUT2D eigenvalue weighted by Gasteiger charge is -2.13. The van der Waals surface area contributed by atoms with Crippen molar-refractivity contribution < 1.29 is 27.8 Å². The average molecular weight is 419 g/mol. The average Bonchev–Trinajstić information content (AvgIpc) is 2.93. The van der Waals surface area contributed by atoms with Crippen LogP contribution >= 0.6 is 11.8 Å². The van der Waals surface area contributed by atoms with E-state index < -0.39 is 12.5 Å². The van der Waals surface area contributed by atoms with Crippen LogP contribution in [0.15, 0.2) is 47.4 Å².